The maximum atomic E-state index is 14.7. The van der Waals surface area contributed by atoms with Crippen molar-refractivity contribution in [3.05, 3.63) is 59.0 Å². The Bertz CT molecular complexity index is 1210. The van der Waals surface area contributed by atoms with Gasteiger partial charge in [-0.25, -0.2) is 18.2 Å². The van der Waals surface area contributed by atoms with Crippen LogP contribution in [0.3, 0.4) is 0 Å². The first-order chi connectivity index (χ1) is 18.1. The molecule has 2 amide bonds. The van der Waals surface area contributed by atoms with E-state index in [0.717, 1.165) is 36.7 Å². The highest BCUT2D eigenvalue weighted by Crippen LogP contribution is 2.31. The van der Waals surface area contributed by atoms with Crippen LogP contribution in [0.2, 0.25) is 0 Å². The maximum Gasteiger partial charge on any atom is 0.285 e. The lowest BCUT2D eigenvalue weighted by atomic mass is 9.94. The first kappa shape index (κ1) is 26.4. The summed E-state index contributed by atoms with van der Waals surface area (Å²) in [6.07, 6.45) is 1.45. The van der Waals surface area contributed by atoms with E-state index in [1.807, 2.05) is 12.1 Å². The predicted octanol–water partition coefficient (Wildman–Crippen LogP) is 2.52. The fourth-order valence-electron chi connectivity index (χ4n) is 5.75. The number of alkyl halides is 2. The lowest BCUT2D eigenvalue weighted by Gasteiger charge is -2.43. The molecule has 2 unspecified atom stereocenters. The molecule has 2 N–H and O–H groups in total. The molecule has 0 spiro atoms. The van der Waals surface area contributed by atoms with E-state index < -0.39 is 42.2 Å². The Morgan fingerprint density at radius 3 is 2.55 bits per heavy atom. The molecule has 204 valence electrons. The van der Waals surface area contributed by atoms with Gasteiger partial charge in [0.05, 0.1) is 30.5 Å². The second-order valence-corrected chi connectivity index (χ2v) is 10.4. The van der Waals surface area contributed by atoms with Crippen LogP contribution in [-0.4, -0.2) is 93.4 Å². The number of rotatable bonds is 4. The first-order valence-corrected chi connectivity index (χ1v) is 13.0. The molecule has 5 rings (SSSR count). The second kappa shape index (κ2) is 10.5. The zero-order chi connectivity index (χ0) is 27.0. The van der Waals surface area contributed by atoms with Gasteiger partial charge in [-0.15, -0.1) is 0 Å². The lowest BCUT2D eigenvalue weighted by molar-refractivity contribution is -0.140. The van der Waals surface area contributed by atoms with Crippen LogP contribution in [-0.2, 0) is 17.8 Å². The van der Waals surface area contributed by atoms with Gasteiger partial charge in [0, 0.05) is 45.7 Å². The number of hydrogen-bond acceptors (Lipinski definition) is 6. The number of halogens is 3. The van der Waals surface area contributed by atoms with Crippen molar-refractivity contribution in [2.75, 3.05) is 38.0 Å². The summed E-state index contributed by atoms with van der Waals surface area (Å²) in [5.41, 5.74) is 2.26. The van der Waals surface area contributed by atoms with E-state index in [1.54, 1.807) is 0 Å². The van der Waals surface area contributed by atoms with E-state index in [9.17, 15) is 27.9 Å². The van der Waals surface area contributed by atoms with E-state index in [4.69, 9.17) is 0 Å². The van der Waals surface area contributed by atoms with Crippen molar-refractivity contribution >= 4 is 17.6 Å². The van der Waals surface area contributed by atoms with Crippen molar-refractivity contribution < 1.29 is 27.9 Å². The molecule has 3 atom stereocenters. The Kier molecular flexibility index (Phi) is 7.32. The van der Waals surface area contributed by atoms with E-state index in [-0.39, 0.29) is 36.9 Å². The third-order valence-electron chi connectivity index (χ3n) is 7.92. The topological polar surface area (TPSA) is 89.0 Å². The molecule has 0 bridgehead atoms. The number of aliphatic hydroxyl groups excluding tert-OH is 1. The lowest BCUT2D eigenvalue weighted by Crippen LogP contribution is -2.56. The highest BCUT2D eigenvalue weighted by atomic mass is 19.3. The van der Waals surface area contributed by atoms with Crippen molar-refractivity contribution in [2.24, 2.45) is 0 Å². The SMILES string of the molecule is CC(=O)N1CCC(Nc2cc(C(=O)N3CC[C@H](N4CCc5ccccc5C4)C(O)C3)c(F)cn2)C(F)(F)C1. The fraction of sp³-hybridized carbons (Fsp3) is 0.519. The number of hydrogen-bond donors (Lipinski definition) is 2. The molecule has 11 heteroatoms. The van der Waals surface area contributed by atoms with Crippen LogP contribution in [0.4, 0.5) is 19.0 Å². The van der Waals surface area contributed by atoms with Crippen molar-refractivity contribution in [1.29, 1.82) is 0 Å². The fourth-order valence-corrected chi connectivity index (χ4v) is 5.75. The van der Waals surface area contributed by atoms with Gasteiger partial charge in [0.25, 0.3) is 11.8 Å². The van der Waals surface area contributed by atoms with Gasteiger partial charge in [-0.2, -0.15) is 0 Å². The van der Waals surface area contributed by atoms with Gasteiger partial charge in [-0.05, 0) is 36.5 Å². The van der Waals surface area contributed by atoms with Crippen LogP contribution < -0.4 is 5.32 Å². The standard InChI is InChI=1S/C27H32F3N5O3/c1-17(36)35-11-8-24(27(29,30)16-35)32-25-12-20(21(28)13-31-25)26(38)34-10-7-22(23(37)15-34)33-9-6-18-4-2-3-5-19(18)14-33/h2-5,12-13,22-24,37H,6-11,14-16H2,1H3,(H,31,32)/t22-,23?,24?/m0/s1. The Balaban J connectivity index is 1.23. The number of piperidine rings is 2. The minimum Gasteiger partial charge on any atom is -0.390 e. The molecular formula is C27H32F3N5O3. The number of nitrogens with zero attached hydrogens (tertiary/aromatic N) is 4. The number of aliphatic hydroxyl groups is 1. The molecule has 2 fully saturated rings. The third kappa shape index (κ3) is 5.35. The van der Waals surface area contributed by atoms with Crippen molar-refractivity contribution in [2.45, 2.75) is 56.8 Å². The summed E-state index contributed by atoms with van der Waals surface area (Å²) in [6, 6.07) is 7.95. The zero-order valence-electron chi connectivity index (χ0n) is 21.2. The number of fused-ring (bicyclic) bond motifs is 1. The van der Waals surface area contributed by atoms with Crippen LogP contribution in [0.5, 0.6) is 0 Å². The Morgan fingerprint density at radius 1 is 1.11 bits per heavy atom. The molecule has 3 aliphatic heterocycles. The quantitative estimate of drug-likeness (QED) is 0.631. The van der Waals surface area contributed by atoms with Gasteiger partial charge >= 0.3 is 0 Å². The number of amides is 2. The average Bonchev–Trinajstić information content (AvgIpc) is 2.89. The minimum atomic E-state index is -3.22. The summed E-state index contributed by atoms with van der Waals surface area (Å²) in [6.45, 7) is 2.62. The summed E-state index contributed by atoms with van der Waals surface area (Å²) >= 11 is 0. The molecule has 3 aliphatic rings. The van der Waals surface area contributed by atoms with Gasteiger partial charge in [0.2, 0.25) is 5.91 Å². The molecule has 0 radical (unpaired) electrons. The number of aromatic nitrogens is 1. The van der Waals surface area contributed by atoms with Gasteiger partial charge in [0.15, 0.2) is 5.82 Å². The second-order valence-electron chi connectivity index (χ2n) is 10.4. The molecule has 1 aromatic carbocycles. The van der Waals surface area contributed by atoms with Crippen LogP contribution in [0.15, 0.2) is 36.5 Å². The molecule has 4 heterocycles. The monoisotopic (exact) mass is 531 g/mol. The number of benzene rings is 1. The Morgan fingerprint density at radius 2 is 1.84 bits per heavy atom. The number of anilines is 1. The number of nitrogens with one attached hydrogen (secondary N) is 1. The van der Waals surface area contributed by atoms with Gasteiger partial charge in [-0.3, -0.25) is 14.5 Å². The number of likely N-dealkylation sites (tertiary alicyclic amines) is 2. The van der Waals surface area contributed by atoms with Crippen LogP contribution in [0, 0.1) is 5.82 Å². The molecule has 1 aromatic heterocycles. The summed E-state index contributed by atoms with van der Waals surface area (Å²) in [4.78, 5) is 33.3. The van der Waals surface area contributed by atoms with E-state index in [1.165, 1.54) is 23.0 Å². The summed E-state index contributed by atoms with van der Waals surface area (Å²) < 4.78 is 43.9. The largest absolute Gasteiger partial charge is 0.390 e. The van der Waals surface area contributed by atoms with Crippen molar-refractivity contribution in [3.8, 4) is 0 Å². The highest BCUT2D eigenvalue weighted by Gasteiger charge is 2.45. The average molecular weight is 532 g/mol. The van der Waals surface area contributed by atoms with Gasteiger partial charge in [-0.1, -0.05) is 24.3 Å². The van der Waals surface area contributed by atoms with Gasteiger partial charge in [0.1, 0.15) is 5.82 Å². The van der Waals surface area contributed by atoms with Crippen molar-refractivity contribution in [1.82, 2.24) is 19.7 Å². The highest BCUT2D eigenvalue weighted by molar-refractivity contribution is 5.95. The molecule has 8 nitrogen and oxygen atoms in total. The number of β-amino-alcohol motifs (C(OH)–C–C–N with tert-alkyl or cyclic N) is 1. The van der Waals surface area contributed by atoms with E-state index >= 15 is 0 Å². The smallest absolute Gasteiger partial charge is 0.285 e. The van der Waals surface area contributed by atoms with E-state index in [2.05, 4.69) is 27.3 Å². The summed E-state index contributed by atoms with van der Waals surface area (Å²) in [5.74, 6) is -5.16. The molecular weight excluding hydrogens is 499 g/mol. The molecule has 38 heavy (non-hydrogen) atoms. The van der Waals surface area contributed by atoms with Crippen LogP contribution in [0.1, 0.15) is 41.3 Å². The Hall–Kier alpha value is -3.18. The Labute approximate surface area is 219 Å². The molecule has 2 saturated heterocycles. The number of pyridine rings is 1. The van der Waals surface area contributed by atoms with Gasteiger partial charge < -0.3 is 20.2 Å². The molecule has 2 aromatic rings. The van der Waals surface area contributed by atoms with Crippen molar-refractivity contribution in [3.63, 3.8) is 0 Å². The minimum absolute atomic E-state index is 0.0183. The molecule has 0 aliphatic carbocycles. The maximum absolute atomic E-state index is 14.7. The summed E-state index contributed by atoms with van der Waals surface area (Å²) in [5, 5.41) is 13.6. The number of carbonyl (C=O) groups is 2. The molecule has 0 saturated carbocycles. The number of carbonyl (C=O) groups excluding carboxylic acids is 2. The van der Waals surface area contributed by atoms with E-state index in [0.29, 0.717) is 13.0 Å². The zero-order valence-corrected chi connectivity index (χ0v) is 21.2. The van der Waals surface area contributed by atoms with Crippen LogP contribution >= 0.6 is 0 Å². The summed E-state index contributed by atoms with van der Waals surface area (Å²) in [7, 11) is 0. The third-order valence-corrected chi connectivity index (χ3v) is 7.92. The first-order valence-electron chi connectivity index (χ1n) is 13.0. The predicted molar refractivity (Wildman–Crippen MR) is 134 cm³/mol. The van der Waals surface area contributed by atoms with Crippen LogP contribution in [0.25, 0.3) is 0 Å². The normalized spacial score (nSPS) is 25.6.